The Hall–Kier alpha value is -0.370. The van der Waals surface area contributed by atoms with Crippen LogP contribution in [-0.2, 0) is 4.79 Å². The van der Waals surface area contributed by atoms with E-state index in [0.29, 0.717) is 17.1 Å². The molecule has 0 spiro atoms. The Kier molecular flexibility index (Phi) is 3.10. The predicted octanol–water partition coefficient (Wildman–Crippen LogP) is 3.96. The molecule has 0 aliphatic heterocycles. The number of carbonyl (C=O) groups excluding carboxylic acids is 1. The van der Waals surface area contributed by atoms with Crippen molar-refractivity contribution in [3.63, 3.8) is 0 Å². The molecule has 4 rings (SSSR count). The van der Waals surface area contributed by atoms with E-state index in [1.807, 2.05) is 0 Å². The first kappa shape index (κ1) is 14.2. The summed E-state index contributed by atoms with van der Waals surface area (Å²) in [6.07, 6.45) is 10.1. The molecule has 4 aliphatic rings. The van der Waals surface area contributed by atoms with E-state index in [-0.39, 0.29) is 11.5 Å². The molecule has 0 aromatic rings. The fourth-order valence-corrected chi connectivity index (χ4v) is 7.01. The summed E-state index contributed by atoms with van der Waals surface area (Å²) in [6, 6.07) is 0. The fraction of sp³-hybridized carbons (Fsp3) is 0.947. The number of hydrogen-bond donors (Lipinski definition) is 1. The first-order valence-corrected chi connectivity index (χ1v) is 9.16. The van der Waals surface area contributed by atoms with Crippen molar-refractivity contribution in [1.29, 1.82) is 0 Å². The minimum atomic E-state index is -0.0541. The third kappa shape index (κ3) is 1.84. The van der Waals surface area contributed by atoms with Crippen LogP contribution < -0.4 is 0 Å². The van der Waals surface area contributed by atoms with Gasteiger partial charge in [-0.05, 0) is 80.5 Å². The summed E-state index contributed by atoms with van der Waals surface area (Å²) in [5.41, 5.74) is 0.452. The average Bonchev–Trinajstić information content (AvgIpc) is 2.76. The van der Waals surface area contributed by atoms with E-state index in [0.717, 1.165) is 49.9 Å². The Morgan fingerprint density at radius 2 is 1.81 bits per heavy atom. The van der Waals surface area contributed by atoms with Crippen LogP contribution in [-0.4, -0.2) is 17.0 Å². The maximum absolute atomic E-state index is 12.4. The van der Waals surface area contributed by atoms with Crippen molar-refractivity contribution in [2.24, 2.45) is 34.5 Å². The number of hydrogen-bond acceptors (Lipinski definition) is 2. The minimum absolute atomic E-state index is 0.0124. The molecule has 0 bridgehead atoms. The van der Waals surface area contributed by atoms with Gasteiger partial charge in [0.25, 0.3) is 0 Å². The minimum Gasteiger partial charge on any atom is -0.393 e. The molecule has 0 saturated heterocycles. The number of aliphatic hydroxyl groups is 1. The van der Waals surface area contributed by atoms with Crippen molar-refractivity contribution in [3.05, 3.63) is 0 Å². The maximum atomic E-state index is 12.4. The van der Waals surface area contributed by atoms with Crippen LogP contribution in [0.1, 0.15) is 71.6 Å². The van der Waals surface area contributed by atoms with Gasteiger partial charge in [0.2, 0.25) is 0 Å². The lowest BCUT2D eigenvalue weighted by atomic mass is 9.45. The van der Waals surface area contributed by atoms with E-state index in [1.165, 1.54) is 25.7 Å². The fourth-order valence-electron chi connectivity index (χ4n) is 7.01. The molecule has 21 heavy (non-hydrogen) atoms. The van der Waals surface area contributed by atoms with Crippen LogP contribution in [0, 0.1) is 34.5 Å². The number of ketones is 1. The molecule has 0 radical (unpaired) electrons. The van der Waals surface area contributed by atoms with Gasteiger partial charge in [0.1, 0.15) is 5.78 Å². The Morgan fingerprint density at radius 3 is 2.62 bits per heavy atom. The summed E-state index contributed by atoms with van der Waals surface area (Å²) < 4.78 is 0. The highest BCUT2D eigenvalue weighted by atomic mass is 16.3. The van der Waals surface area contributed by atoms with Crippen molar-refractivity contribution >= 4 is 5.78 Å². The highest BCUT2D eigenvalue weighted by Crippen LogP contribution is 2.65. The summed E-state index contributed by atoms with van der Waals surface area (Å²) >= 11 is 0. The summed E-state index contributed by atoms with van der Waals surface area (Å²) in [7, 11) is 0. The van der Waals surface area contributed by atoms with Gasteiger partial charge in [0.05, 0.1) is 6.10 Å². The molecular weight excluding hydrogens is 260 g/mol. The van der Waals surface area contributed by atoms with E-state index in [4.69, 9.17) is 0 Å². The van der Waals surface area contributed by atoms with E-state index >= 15 is 0 Å². The van der Waals surface area contributed by atoms with Gasteiger partial charge in [-0.3, -0.25) is 4.79 Å². The van der Waals surface area contributed by atoms with Crippen LogP contribution in [0.2, 0.25) is 0 Å². The zero-order valence-electron chi connectivity index (χ0n) is 13.6. The molecule has 4 saturated carbocycles. The molecule has 0 aromatic heterocycles. The largest absolute Gasteiger partial charge is 0.393 e. The lowest BCUT2D eigenvalue weighted by Gasteiger charge is -2.60. The zero-order chi connectivity index (χ0) is 14.8. The van der Waals surface area contributed by atoms with Gasteiger partial charge < -0.3 is 5.11 Å². The summed E-state index contributed by atoms with van der Waals surface area (Å²) in [5, 5.41) is 10.0. The highest BCUT2D eigenvalue weighted by Gasteiger charge is 2.60. The Morgan fingerprint density at radius 1 is 1.00 bits per heavy atom. The second-order valence-electron chi connectivity index (χ2n) is 9.00. The number of carbonyl (C=O) groups is 1. The standard InChI is InChI=1S/C19H30O2/c1-18-9-7-13(20)11-12(18)3-4-14-15-5-6-17(21)19(15,2)10-8-16(14)18/h12-16,20H,3-11H2,1-2H3/t12-,13-,14-,15?,16?,18-,19-/m0/s1. The molecule has 4 aliphatic carbocycles. The number of fused-ring (bicyclic) bond motifs is 5. The van der Waals surface area contributed by atoms with Crippen LogP contribution in [0.4, 0.5) is 0 Å². The SMILES string of the molecule is C[C@]12CCC3[C@@H](CC[C@H]4C[C@@H](O)CC[C@]34C)C1CCC2=O. The van der Waals surface area contributed by atoms with E-state index in [1.54, 1.807) is 0 Å². The van der Waals surface area contributed by atoms with Crippen molar-refractivity contribution in [2.75, 3.05) is 0 Å². The van der Waals surface area contributed by atoms with Crippen LogP contribution in [0.5, 0.6) is 0 Å². The molecule has 2 unspecified atom stereocenters. The third-order valence-electron chi connectivity index (χ3n) is 8.35. The second-order valence-corrected chi connectivity index (χ2v) is 9.00. The van der Waals surface area contributed by atoms with Gasteiger partial charge in [-0.1, -0.05) is 13.8 Å². The van der Waals surface area contributed by atoms with E-state index in [9.17, 15) is 9.90 Å². The van der Waals surface area contributed by atoms with Gasteiger partial charge in [-0.25, -0.2) is 0 Å². The summed E-state index contributed by atoms with van der Waals surface area (Å²) in [4.78, 5) is 12.4. The Labute approximate surface area is 128 Å². The van der Waals surface area contributed by atoms with Crippen molar-refractivity contribution in [1.82, 2.24) is 0 Å². The van der Waals surface area contributed by atoms with Gasteiger partial charge in [-0.15, -0.1) is 0 Å². The van der Waals surface area contributed by atoms with Gasteiger partial charge in [0, 0.05) is 11.8 Å². The molecule has 2 nitrogen and oxygen atoms in total. The van der Waals surface area contributed by atoms with E-state index in [2.05, 4.69) is 13.8 Å². The summed E-state index contributed by atoms with van der Waals surface area (Å²) in [5.74, 6) is 3.54. The Bertz CT molecular complexity index is 458. The first-order valence-electron chi connectivity index (χ1n) is 9.16. The highest BCUT2D eigenvalue weighted by molar-refractivity contribution is 5.87. The lowest BCUT2D eigenvalue weighted by Crippen LogP contribution is -2.54. The molecule has 4 fully saturated rings. The van der Waals surface area contributed by atoms with E-state index < -0.39 is 0 Å². The molecule has 7 atom stereocenters. The van der Waals surface area contributed by atoms with Crippen LogP contribution in [0.15, 0.2) is 0 Å². The second kappa shape index (κ2) is 4.57. The topological polar surface area (TPSA) is 37.3 Å². The van der Waals surface area contributed by atoms with Gasteiger partial charge in [0.15, 0.2) is 0 Å². The first-order chi connectivity index (χ1) is 9.95. The monoisotopic (exact) mass is 290 g/mol. The molecule has 0 amide bonds. The molecule has 0 aromatic carbocycles. The number of rotatable bonds is 0. The lowest BCUT2D eigenvalue weighted by molar-refractivity contribution is -0.142. The molecule has 0 heterocycles. The van der Waals surface area contributed by atoms with Crippen LogP contribution in [0.25, 0.3) is 0 Å². The smallest absolute Gasteiger partial charge is 0.139 e. The van der Waals surface area contributed by atoms with Crippen molar-refractivity contribution in [2.45, 2.75) is 77.7 Å². The maximum Gasteiger partial charge on any atom is 0.139 e. The number of aliphatic hydroxyl groups excluding tert-OH is 1. The zero-order valence-corrected chi connectivity index (χ0v) is 13.6. The molecule has 1 N–H and O–H groups in total. The summed E-state index contributed by atoms with van der Waals surface area (Å²) in [6.45, 7) is 4.78. The molecule has 2 heteroatoms. The normalized spacial score (nSPS) is 56.5. The van der Waals surface area contributed by atoms with Crippen molar-refractivity contribution in [3.8, 4) is 0 Å². The van der Waals surface area contributed by atoms with Crippen LogP contribution in [0.3, 0.4) is 0 Å². The molecular formula is C19H30O2. The van der Waals surface area contributed by atoms with Gasteiger partial charge in [-0.2, -0.15) is 0 Å². The number of Topliss-reactive ketones (excluding diaryl/α,β-unsaturated/α-hetero) is 1. The third-order valence-corrected chi connectivity index (χ3v) is 8.35. The van der Waals surface area contributed by atoms with Gasteiger partial charge >= 0.3 is 0 Å². The predicted molar refractivity (Wildman–Crippen MR) is 82.7 cm³/mol. The Balaban J connectivity index is 1.64. The quantitative estimate of drug-likeness (QED) is 0.733. The van der Waals surface area contributed by atoms with Crippen LogP contribution >= 0.6 is 0 Å². The average molecular weight is 290 g/mol. The van der Waals surface area contributed by atoms with Crippen molar-refractivity contribution < 1.29 is 9.90 Å². The molecule has 118 valence electrons.